The molecule has 0 bridgehead atoms. The standard InChI is InChI=1S/C17H21ClN4O/c1-16(2)8-7-14(9-13-3-5-15(18)6-4-13)17(16,21-23)10-22-12-19-11-20-22/h3-6,11-12,14H,7-10H2,1-2H3/t14-,17-/m0/s1. The third-order valence-corrected chi connectivity index (χ3v) is 5.64. The van der Waals surface area contributed by atoms with Crippen LogP contribution in [-0.4, -0.2) is 20.3 Å². The minimum Gasteiger partial charge on any atom is -0.250 e. The Balaban J connectivity index is 1.91. The number of halogens is 1. The van der Waals surface area contributed by atoms with Gasteiger partial charge < -0.3 is 0 Å². The molecule has 1 fully saturated rings. The normalized spacial score (nSPS) is 26.3. The highest BCUT2D eigenvalue weighted by Gasteiger charge is 2.57. The van der Waals surface area contributed by atoms with Crippen molar-refractivity contribution in [3.63, 3.8) is 0 Å². The van der Waals surface area contributed by atoms with Gasteiger partial charge in [0.2, 0.25) is 0 Å². The summed E-state index contributed by atoms with van der Waals surface area (Å²) in [7, 11) is 0. The third kappa shape index (κ3) is 2.90. The van der Waals surface area contributed by atoms with Crippen LogP contribution >= 0.6 is 11.6 Å². The minimum absolute atomic E-state index is 0.169. The molecule has 0 aliphatic heterocycles. The van der Waals surface area contributed by atoms with Crippen molar-refractivity contribution in [2.45, 2.75) is 45.2 Å². The average Bonchev–Trinajstić information content (AvgIpc) is 3.11. The molecule has 0 unspecified atom stereocenters. The van der Waals surface area contributed by atoms with Gasteiger partial charge in [-0.15, -0.1) is 0 Å². The number of rotatable bonds is 5. The first-order valence-corrected chi connectivity index (χ1v) is 8.26. The summed E-state index contributed by atoms with van der Waals surface area (Å²) in [5.74, 6) is 0.181. The Hall–Kier alpha value is -1.75. The number of hydrogen-bond acceptors (Lipinski definition) is 4. The van der Waals surface area contributed by atoms with Crippen LogP contribution in [0.25, 0.3) is 0 Å². The van der Waals surface area contributed by atoms with Crippen molar-refractivity contribution in [3.05, 3.63) is 52.4 Å². The van der Waals surface area contributed by atoms with E-state index in [0.717, 1.165) is 24.3 Å². The highest BCUT2D eigenvalue weighted by atomic mass is 35.5. The SMILES string of the molecule is CC1(C)CC[C@@H](Cc2ccc(Cl)cc2)[C@]1(Cn1cncn1)N=O. The Morgan fingerprint density at radius 1 is 1.35 bits per heavy atom. The summed E-state index contributed by atoms with van der Waals surface area (Å²) < 4.78 is 1.73. The van der Waals surface area contributed by atoms with Crippen molar-refractivity contribution in [1.82, 2.24) is 14.8 Å². The van der Waals surface area contributed by atoms with E-state index in [1.54, 1.807) is 11.0 Å². The van der Waals surface area contributed by atoms with Crippen molar-refractivity contribution >= 4 is 11.6 Å². The van der Waals surface area contributed by atoms with Gasteiger partial charge in [-0.25, -0.2) is 4.98 Å². The Morgan fingerprint density at radius 2 is 2.09 bits per heavy atom. The molecule has 1 aliphatic carbocycles. The van der Waals surface area contributed by atoms with E-state index >= 15 is 0 Å². The number of aromatic nitrogens is 3. The first kappa shape index (κ1) is 16.1. The topological polar surface area (TPSA) is 60.1 Å². The largest absolute Gasteiger partial charge is 0.250 e. The molecular formula is C17H21ClN4O. The summed E-state index contributed by atoms with van der Waals surface area (Å²) in [5.41, 5.74) is 0.335. The van der Waals surface area contributed by atoms with Crippen LogP contribution in [0.1, 0.15) is 32.3 Å². The van der Waals surface area contributed by atoms with E-state index in [1.165, 1.54) is 11.9 Å². The molecule has 5 nitrogen and oxygen atoms in total. The van der Waals surface area contributed by atoms with Crippen LogP contribution in [0.4, 0.5) is 0 Å². The van der Waals surface area contributed by atoms with Crippen molar-refractivity contribution < 1.29 is 0 Å². The highest BCUT2D eigenvalue weighted by Crippen LogP contribution is 2.54. The second-order valence-corrected chi connectivity index (χ2v) is 7.50. The number of nitroso groups, excluding NO2 is 1. The van der Waals surface area contributed by atoms with E-state index in [1.807, 2.05) is 24.3 Å². The molecule has 1 aliphatic rings. The lowest BCUT2D eigenvalue weighted by atomic mass is 9.70. The van der Waals surface area contributed by atoms with E-state index in [-0.39, 0.29) is 11.3 Å². The zero-order valence-corrected chi connectivity index (χ0v) is 14.2. The maximum atomic E-state index is 12.0. The van der Waals surface area contributed by atoms with Crippen LogP contribution in [0.3, 0.4) is 0 Å². The Morgan fingerprint density at radius 3 is 2.70 bits per heavy atom. The van der Waals surface area contributed by atoms with Crippen LogP contribution < -0.4 is 0 Å². The number of nitrogens with zero attached hydrogens (tertiary/aromatic N) is 4. The lowest BCUT2D eigenvalue weighted by molar-refractivity contribution is 0.134. The second-order valence-electron chi connectivity index (χ2n) is 7.06. The summed E-state index contributed by atoms with van der Waals surface area (Å²) in [5, 5.41) is 8.58. The van der Waals surface area contributed by atoms with Gasteiger partial charge in [0.25, 0.3) is 0 Å². The van der Waals surface area contributed by atoms with E-state index in [4.69, 9.17) is 11.6 Å². The molecule has 3 rings (SSSR count). The molecule has 0 radical (unpaired) electrons. The summed E-state index contributed by atoms with van der Waals surface area (Å²) >= 11 is 5.96. The number of hydrogen-bond donors (Lipinski definition) is 0. The molecular weight excluding hydrogens is 312 g/mol. The molecule has 2 atom stereocenters. The first-order valence-electron chi connectivity index (χ1n) is 7.88. The van der Waals surface area contributed by atoms with Gasteiger partial charge in [0.15, 0.2) is 0 Å². The molecule has 0 saturated heterocycles. The van der Waals surface area contributed by atoms with Gasteiger partial charge in [0, 0.05) is 5.02 Å². The molecule has 0 amide bonds. The van der Waals surface area contributed by atoms with E-state index < -0.39 is 5.54 Å². The Bertz CT molecular complexity index is 668. The average molecular weight is 333 g/mol. The van der Waals surface area contributed by atoms with Crippen molar-refractivity contribution in [2.24, 2.45) is 16.5 Å². The van der Waals surface area contributed by atoms with Crippen LogP contribution in [0, 0.1) is 16.2 Å². The van der Waals surface area contributed by atoms with Gasteiger partial charge in [0.05, 0.1) is 6.54 Å². The van der Waals surface area contributed by atoms with E-state index in [9.17, 15) is 4.91 Å². The molecule has 23 heavy (non-hydrogen) atoms. The quantitative estimate of drug-likeness (QED) is 0.774. The maximum Gasteiger partial charge on any atom is 0.137 e. The van der Waals surface area contributed by atoms with Crippen molar-refractivity contribution in [3.8, 4) is 0 Å². The molecule has 122 valence electrons. The van der Waals surface area contributed by atoms with Crippen LogP contribution in [0.15, 0.2) is 42.1 Å². The predicted molar refractivity (Wildman–Crippen MR) is 90.2 cm³/mol. The zero-order valence-electron chi connectivity index (χ0n) is 13.4. The second kappa shape index (κ2) is 6.04. The predicted octanol–water partition coefficient (Wildman–Crippen LogP) is 4.12. The van der Waals surface area contributed by atoms with Crippen molar-refractivity contribution in [1.29, 1.82) is 0 Å². The molecule has 6 heteroatoms. The van der Waals surface area contributed by atoms with Gasteiger partial charge in [0.1, 0.15) is 18.2 Å². The van der Waals surface area contributed by atoms with Crippen LogP contribution in [-0.2, 0) is 13.0 Å². The fourth-order valence-electron chi connectivity index (χ4n) is 3.85. The van der Waals surface area contributed by atoms with Gasteiger partial charge in [-0.1, -0.05) is 42.8 Å². The lowest BCUT2D eigenvalue weighted by Crippen LogP contribution is -2.47. The molecule has 1 aromatic carbocycles. The molecule has 0 spiro atoms. The van der Waals surface area contributed by atoms with Crippen LogP contribution in [0.5, 0.6) is 0 Å². The zero-order chi connectivity index (χ0) is 16.5. The van der Waals surface area contributed by atoms with Gasteiger partial charge in [-0.2, -0.15) is 10.0 Å². The van der Waals surface area contributed by atoms with Gasteiger partial charge in [-0.3, -0.25) is 4.68 Å². The fourth-order valence-corrected chi connectivity index (χ4v) is 3.98. The Kier molecular flexibility index (Phi) is 4.23. The van der Waals surface area contributed by atoms with Crippen LogP contribution in [0.2, 0.25) is 5.02 Å². The summed E-state index contributed by atoms with van der Waals surface area (Å²) in [6.07, 6.45) is 5.93. The third-order valence-electron chi connectivity index (χ3n) is 5.39. The molecule has 0 N–H and O–H groups in total. The number of benzene rings is 1. The molecule has 1 saturated carbocycles. The first-order chi connectivity index (χ1) is 11.0. The lowest BCUT2D eigenvalue weighted by Gasteiger charge is -2.39. The minimum atomic E-state index is -0.680. The highest BCUT2D eigenvalue weighted by molar-refractivity contribution is 6.30. The molecule has 1 aromatic heterocycles. The van der Waals surface area contributed by atoms with Gasteiger partial charge in [-0.05, 0) is 48.3 Å². The smallest absolute Gasteiger partial charge is 0.137 e. The fraction of sp³-hybridized carbons (Fsp3) is 0.529. The van der Waals surface area contributed by atoms with Crippen molar-refractivity contribution in [2.75, 3.05) is 0 Å². The maximum absolute atomic E-state index is 12.0. The van der Waals surface area contributed by atoms with E-state index in [2.05, 4.69) is 29.1 Å². The monoisotopic (exact) mass is 332 g/mol. The summed E-state index contributed by atoms with van der Waals surface area (Å²) in [6, 6.07) is 7.84. The summed E-state index contributed by atoms with van der Waals surface area (Å²) in [6.45, 7) is 4.74. The summed E-state index contributed by atoms with van der Waals surface area (Å²) in [4.78, 5) is 16.0. The van der Waals surface area contributed by atoms with Gasteiger partial charge >= 0.3 is 0 Å². The Labute approximate surface area is 141 Å². The molecule has 2 aromatic rings. The van der Waals surface area contributed by atoms with E-state index in [0.29, 0.717) is 6.54 Å². The molecule has 1 heterocycles.